The predicted octanol–water partition coefficient (Wildman–Crippen LogP) is 3.08. The molecule has 0 fully saturated rings. The molecular weight excluding hydrogens is 292 g/mol. The molecule has 0 aliphatic carbocycles. The minimum Gasteiger partial charge on any atom is -0.348 e. The minimum atomic E-state index is -0.0706. The van der Waals surface area contributed by atoms with Gasteiger partial charge in [0.1, 0.15) is 0 Å². The van der Waals surface area contributed by atoms with Gasteiger partial charge >= 0.3 is 0 Å². The van der Waals surface area contributed by atoms with Crippen LogP contribution in [0.1, 0.15) is 21.5 Å². The first kappa shape index (κ1) is 12.8. The summed E-state index contributed by atoms with van der Waals surface area (Å²) in [5, 5.41) is 2.89. The van der Waals surface area contributed by atoms with E-state index in [1.54, 1.807) is 24.5 Å². The number of carbonyl (C=O) groups is 1. The second kappa shape index (κ2) is 5.78. The Morgan fingerprint density at radius 2 is 2.00 bits per heavy atom. The van der Waals surface area contributed by atoms with Crippen LogP contribution in [0.15, 0.2) is 47.2 Å². The van der Waals surface area contributed by atoms with E-state index in [2.05, 4.69) is 26.2 Å². The third kappa shape index (κ3) is 3.17. The lowest BCUT2D eigenvalue weighted by Crippen LogP contribution is -2.23. The lowest BCUT2D eigenvalue weighted by Gasteiger charge is -2.07. The number of benzene rings is 1. The molecule has 0 saturated carbocycles. The van der Waals surface area contributed by atoms with Crippen molar-refractivity contribution in [3.63, 3.8) is 0 Å². The number of aromatic nitrogens is 1. The number of nitrogens with zero attached hydrogens (tertiary/aromatic N) is 1. The monoisotopic (exact) mass is 304 g/mol. The first-order valence-corrected chi connectivity index (χ1v) is 6.39. The quantitative estimate of drug-likeness (QED) is 0.947. The van der Waals surface area contributed by atoms with Crippen molar-refractivity contribution < 1.29 is 4.79 Å². The van der Waals surface area contributed by atoms with E-state index in [1.807, 2.05) is 25.1 Å². The summed E-state index contributed by atoms with van der Waals surface area (Å²) in [6, 6.07) is 9.20. The zero-order valence-corrected chi connectivity index (χ0v) is 11.6. The highest BCUT2D eigenvalue weighted by Crippen LogP contribution is 2.11. The van der Waals surface area contributed by atoms with Crippen LogP contribution in [0.2, 0.25) is 0 Å². The predicted molar refractivity (Wildman–Crippen MR) is 74.3 cm³/mol. The van der Waals surface area contributed by atoms with Crippen LogP contribution in [0.25, 0.3) is 0 Å². The normalized spacial score (nSPS) is 10.1. The van der Waals surface area contributed by atoms with Gasteiger partial charge in [-0.25, -0.2) is 0 Å². The van der Waals surface area contributed by atoms with E-state index in [0.29, 0.717) is 12.1 Å². The molecule has 1 aromatic heterocycles. The molecular formula is C14H13BrN2O. The number of nitrogens with one attached hydrogen (secondary N) is 1. The van der Waals surface area contributed by atoms with Gasteiger partial charge < -0.3 is 5.32 Å². The maximum absolute atomic E-state index is 11.9. The largest absolute Gasteiger partial charge is 0.348 e. The van der Waals surface area contributed by atoms with Crippen molar-refractivity contribution in [2.24, 2.45) is 0 Å². The van der Waals surface area contributed by atoms with E-state index in [-0.39, 0.29) is 5.91 Å². The molecule has 18 heavy (non-hydrogen) atoms. The number of hydrogen-bond acceptors (Lipinski definition) is 2. The van der Waals surface area contributed by atoms with Gasteiger partial charge in [0.25, 0.3) is 5.91 Å². The Bertz CT molecular complexity index is 552. The number of pyridine rings is 1. The molecule has 3 nitrogen and oxygen atoms in total. The molecule has 2 aromatic rings. The number of halogens is 1. The van der Waals surface area contributed by atoms with Crippen molar-refractivity contribution in [1.29, 1.82) is 0 Å². The van der Waals surface area contributed by atoms with E-state index in [1.165, 1.54) is 0 Å². The maximum Gasteiger partial charge on any atom is 0.251 e. The van der Waals surface area contributed by atoms with Gasteiger partial charge in [0.15, 0.2) is 0 Å². The summed E-state index contributed by atoms with van der Waals surface area (Å²) >= 11 is 3.34. The molecule has 1 heterocycles. The summed E-state index contributed by atoms with van der Waals surface area (Å²) < 4.78 is 0.962. The van der Waals surface area contributed by atoms with Crippen LogP contribution >= 0.6 is 15.9 Å². The Kier molecular flexibility index (Phi) is 4.10. The number of rotatable bonds is 3. The van der Waals surface area contributed by atoms with Crippen LogP contribution in [0.5, 0.6) is 0 Å². The topological polar surface area (TPSA) is 42.0 Å². The van der Waals surface area contributed by atoms with E-state index in [0.717, 1.165) is 15.6 Å². The average molecular weight is 305 g/mol. The lowest BCUT2D eigenvalue weighted by atomic mass is 10.1. The molecule has 0 unspecified atom stereocenters. The standard InChI is InChI=1S/C14H13BrN2O/c1-10-8-16-7-6-12(10)9-17-14(18)11-2-4-13(15)5-3-11/h2-8H,9H2,1H3,(H,17,18). The summed E-state index contributed by atoms with van der Waals surface area (Å²) in [7, 11) is 0. The molecule has 92 valence electrons. The molecule has 1 N–H and O–H groups in total. The van der Waals surface area contributed by atoms with Gasteiger partial charge in [-0.05, 0) is 48.4 Å². The van der Waals surface area contributed by atoms with Gasteiger partial charge in [0.05, 0.1) is 0 Å². The molecule has 0 atom stereocenters. The van der Waals surface area contributed by atoms with Crippen LogP contribution in [-0.2, 0) is 6.54 Å². The average Bonchev–Trinajstić information content (AvgIpc) is 2.38. The number of amides is 1. The fourth-order valence-corrected chi connectivity index (χ4v) is 1.84. The Morgan fingerprint density at radius 3 is 2.67 bits per heavy atom. The lowest BCUT2D eigenvalue weighted by molar-refractivity contribution is 0.0951. The molecule has 1 amide bonds. The maximum atomic E-state index is 11.9. The molecule has 1 aromatic carbocycles. The third-order valence-corrected chi connectivity index (χ3v) is 3.21. The van der Waals surface area contributed by atoms with Crippen molar-refractivity contribution in [3.8, 4) is 0 Å². The molecule has 0 saturated heterocycles. The van der Waals surface area contributed by atoms with Crippen molar-refractivity contribution in [2.75, 3.05) is 0 Å². The second-order valence-corrected chi connectivity index (χ2v) is 4.91. The first-order valence-electron chi connectivity index (χ1n) is 5.60. The second-order valence-electron chi connectivity index (χ2n) is 3.99. The SMILES string of the molecule is Cc1cnccc1CNC(=O)c1ccc(Br)cc1. The molecule has 0 bridgehead atoms. The van der Waals surface area contributed by atoms with Gasteiger partial charge in [-0.1, -0.05) is 15.9 Å². The number of hydrogen-bond donors (Lipinski definition) is 1. The molecule has 2 rings (SSSR count). The fraction of sp³-hybridized carbons (Fsp3) is 0.143. The van der Waals surface area contributed by atoms with E-state index < -0.39 is 0 Å². The molecule has 0 radical (unpaired) electrons. The van der Waals surface area contributed by atoms with Crippen LogP contribution in [0.3, 0.4) is 0 Å². The van der Waals surface area contributed by atoms with Crippen molar-refractivity contribution in [2.45, 2.75) is 13.5 Å². The summed E-state index contributed by atoms with van der Waals surface area (Å²) in [6.45, 7) is 2.50. The molecule has 0 aliphatic rings. The van der Waals surface area contributed by atoms with E-state index in [4.69, 9.17) is 0 Å². The van der Waals surface area contributed by atoms with Gasteiger partial charge in [0, 0.05) is 29.0 Å². The molecule has 0 aliphatic heterocycles. The van der Waals surface area contributed by atoms with E-state index >= 15 is 0 Å². The first-order chi connectivity index (χ1) is 8.66. The highest BCUT2D eigenvalue weighted by Gasteiger charge is 2.05. The molecule has 4 heteroatoms. The third-order valence-electron chi connectivity index (χ3n) is 2.68. The van der Waals surface area contributed by atoms with Crippen LogP contribution in [0.4, 0.5) is 0 Å². The fourth-order valence-electron chi connectivity index (χ4n) is 1.58. The summed E-state index contributed by atoms with van der Waals surface area (Å²) in [6.07, 6.45) is 3.52. The number of carbonyl (C=O) groups excluding carboxylic acids is 1. The van der Waals surface area contributed by atoms with Crippen LogP contribution in [0, 0.1) is 6.92 Å². The van der Waals surface area contributed by atoms with Crippen LogP contribution in [-0.4, -0.2) is 10.9 Å². The van der Waals surface area contributed by atoms with Gasteiger partial charge in [0.2, 0.25) is 0 Å². The van der Waals surface area contributed by atoms with E-state index in [9.17, 15) is 4.79 Å². The van der Waals surface area contributed by atoms with Gasteiger partial charge in [-0.2, -0.15) is 0 Å². The molecule has 0 spiro atoms. The van der Waals surface area contributed by atoms with Crippen LogP contribution < -0.4 is 5.32 Å². The number of aryl methyl sites for hydroxylation is 1. The smallest absolute Gasteiger partial charge is 0.251 e. The Balaban J connectivity index is 2.01. The van der Waals surface area contributed by atoms with Crippen molar-refractivity contribution in [1.82, 2.24) is 10.3 Å². The summed E-state index contributed by atoms with van der Waals surface area (Å²) in [5.74, 6) is -0.0706. The zero-order valence-electron chi connectivity index (χ0n) is 9.98. The Morgan fingerprint density at radius 1 is 1.28 bits per heavy atom. The minimum absolute atomic E-state index is 0.0706. The Labute approximate surface area is 114 Å². The zero-order chi connectivity index (χ0) is 13.0. The highest BCUT2D eigenvalue weighted by molar-refractivity contribution is 9.10. The van der Waals surface area contributed by atoms with Gasteiger partial charge in [-0.3, -0.25) is 9.78 Å². The summed E-state index contributed by atoms with van der Waals surface area (Å²) in [5.41, 5.74) is 2.81. The van der Waals surface area contributed by atoms with Crippen molar-refractivity contribution >= 4 is 21.8 Å². The van der Waals surface area contributed by atoms with Gasteiger partial charge in [-0.15, -0.1) is 0 Å². The highest BCUT2D eigenvalue weighted by atomic mass is 79.9. The Hall–Kier alpha value is -1.68. The summed E-state index contributed by atoms with van der Waals surface area (Å²) in [4.78, 5) is 15.9. The van der Waals surface area contributed by atoms with Crippen molar-refractivity contribution in [3.05, 3.63) is 63.9 Å².